The summed E-state index contributed by atoms with van der Waals surface area (Å²) in [4.78, 5) is 0. The number of rotatable bonds is 4. The molecule has 3 heteroatoms. The molecule has 0 aromatic heterocycles. The molecule has 0 bridgehead atoms. The lowest BCUT2D eigenvalue weighted by atomic mass is 10.1. The van der Waals surface area contributed by atoms with E-state index in [1.165, 1.54) is 0 Å². The molecule has 0 saturated carbocycles. The van der Waals surface area contributed by atoms with Crippen LogP contribution in [0.15, 0.2) is 53.0 Å². The van der Waals surface area contributed by atoms with Crippen LogP contribution in [0.3, 0.4) is 0 Å². The van der Waals surface area contributed by atoms with Crippen LogP contribution in [0.2, 0.25) is 0 Å². The second-order valence-electron chi connectivity index (χ2n) is 4.13. The van der Waals surface area contributed by atoms with Gasteiger partial charge in [0.1, 0.15) is 12.4 Å². The average molecular weight is 307 g/mol. The van der Waals surface area contributed by atoms with E-state index in [-0.39, 0.29) is 0 Å². The van der Waals surface area contributed by atoms with E-state index < -0.39 is 6.10 Å². The van der Waals surface area contributed by atoms with Gasteiger partial charge >= 0.3 is 0 Å². The number of aliphatic hydroxyl groups is 1. The normalized spacial score (nSPS) is 12.2. The summed E-state index contributed by atoms with van der Waals surface area (Å²) in [7, 11) is 0. The van der Waals surface area contributed by atoms with E-state index in [1.807, 2.05) is 48.5 Å². The molecule has 0 unspecified atom stereocenters. The van der Waals surface area contributed by atoms with Gasteiger partial charge in [-0.25, -0.2) is 0 Å². The van der Waals surface area contributed by atoms with Crippen molar-refractivity contribution in [3.05, 3.63) is 64.1 Å². The van der Waals surface area contributed by atoms with Gasteiger partial charge in [0.2, 0.25) is 0 Å². The van der Waals surface area contributed by atoms with Crippen molar-refractivity contribution in [3.63, 3.8) is 0 Å². The Morgan fingerprint density at radius 1 is 1.11 bits per heavy atom. The average Bonchev–Trinajstić information content (AvgIpc) is 2.38. The summed E-state index contributed by atoms with van der Waals surface area (Å²) in [5.74, 6) is 0.732. The zero-order valence-electron chi connectivity index (χ0n) is 10.1. The Balaban J connectivity index is 2.08. The highest BCUT2D eigenvalue weighted by Crippen LogP contribution is 2.25. The number of halogens is 1. The number of benzene rings is 2. The van der Waals surface area contributed by atoms with Crippen molar-refractivity contribution in [2.45, 2.75) is 19.6 Å². The van der Waals surface area contributed by atoms with Gasteiger partial charge in [0.15, 0.2) is 0 Å². The lowest BCUT2D eigenvalue weighted by molar-refractivity contribution is 0.190. The zero-order valence-corrected chi connectivity index (χ0v) is 11.7. The van der Waals surface area contributed by atoms with Crippen molar-refractivity contribution in [2.24, 2.45) is 0 Å². The minimum absolute atomic E-state index is 0.497. The van der Waals surface area contributed by atoms with Gasteiger partial charge in [-0.1, -0.05) is 46.3 Å². The monoisotopic (exact) mass is 306 g/mol. The molecule has 1 N–H and O–H groups in total. The van der Waals surface area contributed by atoms with Crippen LogP contribution < -0.4 is 4.74 Å². The van der Waals surface area contributed by atoms with Crippen LogP contribution in [0.5, 0.6) is 5.75 Å². The van der Waals surface area contributed by atoms with Crippen LogP contribution in [0.25, 0.3) is 0 Å². The SMILES string of the molecule is C[C@H](O)c1ccccc1OCc1ccc(Br)cc1. The molecule has 0 spiro atoms. The zero-order chi connectivity index (χ0) is 13.0. The Labute approximate surface area is 115 Å². The van der Waals surface area contributed by atoms with E-state index >= 15 is 0 Å². The van der Waals surface area contributed by atoms with Gasteiger partial charge in [0, 0.05) is 10.0 Å². The van der Waals surface area contributed by atoms with Crippen molar-refractivity contribution in [2.75, 3.05) is 0 Å². The minimum atomic E-state index is -0.522. The van der Waals surface area contributed by atoms with Gasteiger partial charge in [0.05, 0.1) is 6.10 Å². The van der Waals surface area contributed by atoms with Crippen LogP contribution >= 0.6 is 15.9 Å². The predicted octanol–water partition coefficient (Wildman–Crippen LogP) is 4.08. The van der Waals surface area contributed by atoms with Gasteiger partial charge in [0.25, 0.3) is 0 Å². The Bertz CT molecular complexity index is 506. The third-order valence-electron chi connectivity index (χ3n) is 2.68. The molecule has 0 aliphatic carbocycles. The number of aliphatic hydroxyl groups excluding tert-OH is 1. The Morgan fingerprint density at radius 3 is 2.44 bits per heavy atom. The van der Waals surface area contributed by atoms with Crippen molar-refractivity contribution in [3.8, 4) is 5.75 Å². The minimum Gasteiger partial charge on any atom is -0.489 e. The van der Waals surface area contributed by atoms with Crippen LogP contribution in [0.4, 0.5) is 0 Å². The van der Waals surface area contributed by atoms with E-state index in [4.69, 9.17) is 4.74 Å². The van der Waals surface area contributed by atoms with Crippen molar-refractivity contribution in [1.29, 1.82) is 0 Å². The van der Waals surface area contributed by atoms with Gasteiger partial charge in [-0.15, -0.1) is 0 Å². The van der Waals surface area contributed by atoms with Crippen molar-refractivity contribution < 1.29 is 9.84 Å². The van der Waals surface area contributed by atoms with Gasteiger partial charge in [-0.2, -0.15) is 0 Å². The first-order chi connectivity index (χ1) is 8.66. The molecule has 2 rings (SSSR count). The number of hydrogen-bond acceptors (Lipinski definition) is 2. The first kappa shape index (κ1) is 13.1. The molecule has 0 aliphatic rings. The first-order valence-corrected chi connectivity index (χ1v) is 6.60. The molecule has 0 saturated heterocycles. The molecule has 0 amide bonds. The van der Waals surface area contributed by atoms with Crippen LogP contribution in [-0.4, -0.2) is 5.11 Å². The number of ether oxygens (including phenoxy) is 1. The molecule has 2 aromatic rings. The molecule has 0 aliphatic heterocycles. The van der Waals surface area contributed by atoms with Gasteiger partial charge in [-0.3, -0.25) is 0 Å². The highest BCUT2D eigenvalue weighted by Gasteiger charge is 2.08. The van der Waals surface area contributed by atoms with Gasteiger partial charge in [-0.05, 0) is 30.7 Å². The van der Waals surface area contributed by atoms with E-state index in [2.05, 4.69) is 15.9 Å². The molecular formula is C15H15BrO2. The standard InChI is InChI=1S/C15H15BrO2/c1-11(17)14-4-2-3-5-15(14)18-10-12-6-8-13(16)9-7-12/h2-9,11,17H,10H2,1H3/t11-/m0/s1. The largest absolute Gasteiger partial charge is 0.489 e. The topological polar surface area (TPSA) is 29.5 Å². The molecule has 94 valence electrons. The van der Waals surface area contributed by atoms with Crippen molar-refractivity contribution in [1.82, 2.24) is 0 Å². The fourth-order valence-corrected chi connectivity index (χ4v) is 1.96. The smallest absolute Gasteiger partial charge is 0.125 e. The van der Waals surface area contributed by atoms with Crippen LogP contribution in [0.1, 0.15) is 24.2 Å². The van der Waals surface area contributed by atoms with E-state index in [0.29, 0.717) is 6.61 Å². The van der Waals surface area contributed by atoms with Crippen LogP contribution in [-0.2, 0) is 6.61 Å². The third kappa shape index (κ3) is 3.34. The predicted molar refractivity (Wildman–Crippen MR) is 75.5 cm³/mol. The molecule has 18 heavy (non-hydrogen) atoms. The molecule has 0 radical (unpaired) electrons. The molecule has 2 nitrogen and oxygen atoms in total. The van der Waals surface area contributed by atoms with Crippen LogP contribution in [0, 0.1) is 0 Å². The highest BCUT2D eigenvalue weighted by molar-refractivity contribution is 9.10. The summed E-state index contributed by atoms with van der Waals surface area (Å²) in [6.07, 6.45) is -0.522. The Kier molecular flexibility index (Phi) is 4.39. The number of hydrogen-bond donors (Lipinski definition) is 1. The maximum atomic E-state index is 9.65. The lowest BCUT2D eigenvalue weighted by Crippen LogP contribution is -2.00. The molecular weight excluding hydrogens is 292 g/mol. The fourth-order valence-electron chi connectivity index (χ4n) is 1.70. The van der Waals surface area contributed by atoms with E-state index in [0.717, 1.165) is 21.3 Å². The Hall–Kier alpha value is -1.32. The van der Waals surface area contributed by atoms with E-state index in [1.54, 1.807) is 6.92 Å². The lowest BCUT2D eigenvalue weighted by Gasteiger charge is -2.13. The Morgan fingerprint density at radius 2 is 1.78 bits per heavy atom. The molecule has 0 heterocycles. The molecule has 1 atom stereocenters. The maximum absolute atomic E-state index is 9.65. The highest BCUT2D eigenvalue weighted by atomic mass is 79.9. The molecule has 2 aromatic carbocycles. The summed E-state index contributed by atoms with van der Waals surface area (Å²) >= 11 is 3.40. The summed E-state index contributed by atoms with van der Waals surface area (Å²) in [6, 6.07) is 15.5. The maximum Gasteiger partial charge on any atom is 0.125 e. The summed E-state index contributed by atoms with van der Waals surface area (Å²) in [5.41, 5.74) is 1.91. The fraction of sp³-hybridized carbons (Fsp3) is 0.200. The first-order valence-electron chi connectivity index (χ1n) is 5.81. The number of para-hydroxylation sites is 1. The molecule has 0 fully saturated rings. The summed E-state index contributed by atoms with van der Waals surface area (Å²) in [5, 5.41) is 9.65. The second kappa shape index (κ2) is 6.03. The second-order valence-corrected chi connectivity index (χ2v) is 5.04. The third-order valence-corrected chi connectivity index (χ3v) is 3.21. The summed E-state index contributed by atoms with van der Waals surface area (Å²) in [6.45, 7) is 2.23. The van der Waals surface area contributed by atoms with E-state index in [9.17, 15) is 5.11 Å². The summed E-state index contributed by atoms with van der Waals surface area (Å²) < 4.78 is 6.80. The van der Waals surface area contributed by atoms with Gasteiger partial charge < -0.3 is 9.84 Å². The quantitative estimate of drug-likeness (QED) is 0.922. The van der Waals surface area contributed by atoms with Crippen molar-refractivity contribution >= 4 is 15.9 Å².